The second-order valence-electron chi connectivity index (χ2n) is 8.48. The molecule has 3 N–H and O–H groups in total. The number of primary amides is 1. The van der Waals surface area contributed by atoms with Gasteiger partial charge in [-0.15, -0.1) is 24.8 Å². The third-order valence-electron chi connectivity index (χ3n) is 6.72. The first kappa shape index (κ1) is 23.0. The van der Waals surface area contributed by atoms with Gasteiger partial charge in [-0.05, 0) is 51.4 Å². The molecule has 1 aromatic rings. The summed E-state index contributed by atoms with van der Waals surface area (Å²) >= 11 is 0. The Balaban J connectivity index is 0.00000140. The van der Waals surface area contributed by atoms with Gasteiger partial charge in [-0.25, -0.2) is 4.98 Å². The van der Waals surface area contributed by atoms with Crippen molar-refractivity contribution in [1.29, 1.82) is 0 Å². The summed E-state index contributed by atoms with van der Waals surface area (Å²) in [6.07, 6.45) is 3.66. The van der Waals surface area contributed by atoms with Crippen LogP contribution in [0.25, 0.3) is 0 Å². The molecule has 0 spiro atoms. The number of carbonyl (C=O) groups excluding carboxylic acids is 2. The molecule has 2 aliphatic carbocycles. The largest absolute Gasteiger partial charge is 0.369 e. The number of imidazole rings is 1. The maximum atomic E-state index is 12.6. The quantitative estimate of drug-likeness (QED) is 0.666. The standard InChI is InChI=1S/C19H29N5O2.2ClH/c1-11-12(2)23(3)16(21-11)10-24-8-14(13-4-5-13)15(9-24)22-18(26)19(6-7-19)17(20)25;;/h13-15H,4-10H2,1-3H3,(H2,20,25)(H,22,26);2*1H/t14-,15+;;/m1../s1. The molecule has 3 fully saturated rings. The fourth-order valence-corrected chi connectivity index (χ4v) is 4.34. The van der Waals surface area contributed by atoms with Gasteiger partial charge in [0.1, 0.15) is 11.2 Å². The molecule has 0 unspecified atom stereocenters. The number of nitrogens with one attached hydrogen (secondary N) is 1. The number of hydrogen-bond acceptors (Lipinski definition) is 4. The second-order valence-corrected chi connectivity index (χ2v) is 8.48. The van der Waals surface area contributed by atoms with Gasteiger partial charge in [-0.1, -0.05) is 0 Å². The number of likely N-dealkylation sites (tertiary alicyclic amines) is 1. The van der Waals surface area contributed by atoms with Crippen LogP contribution in [0.15, 0.2) is 0 Å². The average molecular weight is 432 g/mol. The van der Waals surface area contributed by atoms with Crippen LogP contribution >= 0.6 is 24.8 Å². The number of aryl methyl sites for hydroxylation is 1. The van der Waals surface area contributed by atoms with Crippen molar-refractivity contribution in [2.75, 3.05) is 13.1 Å². The molecule has 3 aliphatic rings. The van der Waals surface area contributed by atoms with Crippen molar-refractivity contribution < 1.29 is 9.59 Å². The number of carbonyl (C=O) groups is 2. The molecule has 0 radical (unpaired) electrons. The highest BCUT2D eigenvalue weighted by molar-refractivity contribution is 6.07. The molecule has 2 amide bonds. The fraction of sp³-hybridized carbons (Fsp3) is 0.737. The topological polar surface area (TPSA) is 93.2 Å². The van der Waals surface area contributed by atoms with Gasteiger partial charge in [0.15, 0.2) is 0 Å². The van der Waals surface area contributed by atoms with Crippen LogP contribution in [0.5, 0.6) is 0 Å². The Morgan fingerprint density at radius 1 is 1.21 bits per heavy atom. The SMILES string of the molecule is Cc1nc(CN2C[C@H](NC(=O)C3(C(N)=O)CC3)[C@@H](C3CC3)C2)n(C)c1C.Cl.Cl. The van der Waals surface area contributed by atoms with Crippen LogP contribution in [-0.2, 0) is 23.2 Å². The molecule has 9 heteroatoms. The molecule has 4 rings (SSSR count). The molecule has 0 bridgehead atoms. The van der Waals surface area contributed by atoms with Gasteiger partial charge < -0.3 is 15.6 Å². The molecule has 158 valence electrons. The van der Waals surface area contributed by atoms with Crippen molar-refractivity contribution in [1.82, 2.24) is 19.8 Å². The zero-order valence-electron chi connectivity index (χ0n) is 16.7. The monoisotopic (exact) mass is 431 g/mol. The van der Waals surface area contributed by atoms with Gasteiger partial charge in [0.25, 0.3) is 0 Å². The van der Waals surface area contributed by atoms with Gasteiger partial charge in [-0.2, -0.15) is 0 Å². The number of rotatable bonds is 6. The number of hydrogen-bond donors (Lipinski definition) is 2. The van der Waals surface area contributed by atoms with Crippen LogP contribution in [0.4, 0.5) is 0 Å². The van der Waals surface area contributed by atoms with Crippen LogP contribution in [0.2, 0.25) is 0 Å². The van der Waals surface area contributed by atoms with Gasteiger partial charge in [0.05, 0.1) is 12.2 Å². The Hall–Kier alpha value is -1.31. The highest BCUT2D eigenvalue weighted by Gasteiger charge is 2.56. The maximum absolute atomic E-state index is 12.6. The minimum absolute atomic E-state index is 0. The lowest BCUT2D eigenvalue weighted by molar-refractivity contribution is -0.136. The summed E-state index contributed by atoms with van der Waals surface area (Å²) < 4.78 is 2.15. The van der Waals surface area contributed by atoms with E-state index in [-0.39, 0.29) is 36.8 Å². The number of nitrogens with two attached hydrogens (primary N) is 1. The first-order valence-corrected chi connectivity index (χ1v) is 9.64. The van der Waals surface area contributed by atoms with Gasteiger partial charge >= 0.3 is 0 Å². The average Bonchev–Trinajstić information content (AvgIpc) is 3.50. The lowest BCUT2D eigenvalue weighted by Crippen LogP contribution is -2.48. The zero-order valence-corrected chi connectivity index (χ0v) is 18.4. The lowest BCUT2D eigenvalue weighted by atomic mass is 9.96. The molecular weight excluding hydrogens is 401 g/mol. The van der Waals surface area contributed by atoms with Crippen molar-refractivity contribution >= 4 is 36.6 Å². The van der Waals surface area contributed by atoms with Gasteiger partial charge in [0.2, 0.25) is 11.8 Å². The molecule has 1 aliphatic heterocycles. The molecular formula is C19H31Cl2N5O2. The highest BCUT2D eigenvalue weighted by Crippen LogP contribution is 2.47. The molecule has 1 aromatic heterocycles. The minimum Gasteiger partial charge on any atom is -0.369 e. The summed E-state index contributed by atoms with van der Waals surface area (Å²) in [6.45, 7) is 6.71. The van der Waals surface area contributed by atoms with Crippen LogP contribution < -0.4 is 11.1 Å². The van der Waals surface area contributed by atoms with E-state index < -0.39 is 11.3 Å². The van der Waals surface area contributed by atoms with Crippen molar-refractivity contribution in [2.24, 2.45) is 30.0 Å². The number of nitrogens with zero attached hydrogens (tertiary/aromatic N) is 3. The summed E-state index contributed by atoms with van der Waals surface area (Å²) in [5.41, 5.74) is 6.79. The second kappa shape index (κ2) is 8.20. The third kappa shape index (κ3) is 4.02. The van der Waals surface area contributed by atoms with Crippen LogP contribution in [-0.4, -0.2) is 45.4 Å². The molecule has 2 saturated carbocycles. The molecule has 7 nitrogen and oxygen atoms in total. The Morgan fingerprint density at radius 2 is 1.86 bits per heavy atom. The number of aromatic nitrogens is 2. The van der Waals surface area contributed by atoms with E-state index >= 15 is 0 Å². The van der Waals surface area contributed by atoms with Crippen LogP contribution in [0, 0.1) is 31.1 Å². The van der Waals surface area contributed by atoms with E-state index in [9.17, 15) is 9.59 Å². The highest BCUT2D eigenvalue weighted by atomic mass is 35.5. The van der Waals surface area contributed by atoms with E-state index in [1.165, 1.54) is 18.5 Å². The van der Waals surface area contributed by atoms with E-state index in [0.717, 1.165) is 31.2 Å². The van der Waals surface area contributed by atoms with Crippen molar-refractivity contribution in [3.8, 4) is 0 Å². The summed E-state index contributed by atoms with van der Waals surface area (Å²) in [4.78, 5) is 31.4. The van der Waals surface area contributed by atoms with Crippen molar-refractivity contribution in [3.63, 3.8) is 0 Å². The Morgan fingerprint density at radius 3 is 2.32 bits per heavy atom. The van der Waals surface area contributed by atoms with E-state index in [0.29, 0.717) is 24.7 Å². The third-order valence-corrected chi connectivity index (χ3v) is 6.72. The molecule has 2 atom stereocenters. The van der Waals surface area contributed by atoms with E-state index in [1.54, 1.807) is 0 Å². The minimum atomic E-state index is -0.935. The zero-order chi connectivity index (χ0) is 18.6. The Bertz CT molecular complexity index is 758. The summed E-state index contributed by atoms with van der Waals surface area (Å²) in [5, 5.41) is 3.17. The Kier molecular flexibility index (Phi) is 6.73. The molecule has 2 heterocycles. The summed E-state index contributed by atoms with van der Waals surface area (Å²) in [7, 11) is 2.06. The van der Waals surface area contributed by atoms with Gasteiger partial charge in [0, 0.05) is 31.9 Å². The normalized spacial score (nSPS) is 25.5. The molecule has 1 saturated heterocycles. The first-order valence-electron chi connectivity index (χ1n) is 9.64. The number of halogens is 2. The number of amides is 2. The van der Waals surface area contributed by atoms with Crippen molar-refractivity contribution in [2.45, 2.75) is 52.1 Å². The van der Waals surface area contributed by atoms with Gasteiger partial charge in [-0.3, -0.25) is 14.5 Å². The van der Waals surface area contributed by atoms with Crippen LogP contribution in [0.3, 0.4) is 0 Å². The predicted molar refractivity (Wildman–Crippen MR) is 111 cm³/mol. The fourth-order valence-electron chi connectivity index (χ4n) is 4.34. The summed E-state index contributed by atoms with van der Waals surface area (Å²) in [6, 6.07) is 0.106. The Labute approximate surface area is 178 Å². The molecule has 28 heavy (non-hydrogen) atoms. The predicted octanol–water partition coefficient (Wildman–Crippen LogP) is 1.47. The van der Waals surface area contributed by atoms with E-state index in [2.05, 4.69) is 33.7 Å². The van der Waals surface area contributed by atoms with E-state index in [4.69, 9.17) is 5.73 Å². The van der Waals surface area contributed by atoms with Crippen LogP contribution in [0.1, 0.15) is 42.9 Å². The maximum Gasteiger partial charge on any atom is 0.235 e. The first-order chi connectivity index (χ1) is 12.3. The molecule has 0 aromatic carbocycles. The smallest absolute Gasteiger partial charge is 0.235 e. The summed E-state index contributed by atoms with van der Waals surface area (Å²) in [5.74, 6) is 1.58. The van der Waals surface area contributed by atoms with Crippen molar-refractivity contribution in [3.05, 3.63) is 17.2 Å². The lowest BCUT2D eigenvalue weighted by Gasteiger charge is -2.22. The van der Waals surface area contributed by atoms with E-state index in [1.807, 2.05) is 6.92 Å².